The first-order valence-electron chi connectivity index (χ1n) is 6.90. The van der Waals surface area contributed by atoms with Crippen molar-refractivity contribution in [1.82, 2.24) is 0 Å². The fourth-order valence-electron chi connectivity index (χ4n) is 2.71. The molecule has 0 aliphatic heterocycles. The minimum Gasteiger partial charge on any atom is -0.508 e. The van der Waals surface area contributed by atoms with Crippen LogP contribution in [0.4, 0.5) is 0 Å². The van der Waals surface area contributed by atoms with Crippen LogP contribution in [0.25, 0.3) is 0 Å². The maximum absolute atomic E-state index is 12.6. The average Bonchev–Trinajstić information content (AvgIpc) is 2.50. The first-order valence-corrected chi connectivity index (χ1v) is 6.90. The highest BCUT2D eigenvalue weighted by molar-refractivity contribution is 6.30. The molecule has 0 unspecified atom stereocenters. The summed E-state index contributed by atoms with van der Waals surface area (Å²) in [6.45, 7) is 1.64. The fourth-order valence-corrected chi connectivity index (χ4v) is 2.71. The van der Waals surface area contributed by atoms with Crippen molar-refractivity contribution < 1.29 is 29.7 Å². The molecule has 0 aromatic heterocycles. The number of hydrogen-bond acceptors (Lipinski definition) is 6. The molecular formula is C17H12O6. The fraction of sp³-hybridized carbons (Fsp3) is 0.118. The number of hydrogen-bond donors (Lipinski definition) is 3. The lowest BCUT2D eigenvalue weighted by molar-refractivity contribution is 0.0969. The van der Waals surface area contributed by atoms with Crippen LogP contribution in [-0.4, -0.2) is 32.7 Å². The number of phenolic OH excluding ortho intramolecular Hbond substituents is 3. The van der Waals surface area contributed by atoms with Crippen LogP contribution in [0.2, 0.25) is 0 Å². The number of rotatable bonds is 2. The van der Waals surface area contributed by atoms with E-state index in [-0.39, 0.29) is 45.8 Å². The summed E-state index contributed by atoms with van der Waals surface area (Å²) in [6.07, 6.45) is 0.179. The van der Waals surface area contributed by atoms with Gasteiger partial charge in [-0.3, -0.25) is 14.4 Å². The van der Waals surface area contributed by atoms with Gasteiger partial charge in [-0.15, -0.1) is 0 Å². The van der Waals surface area contributed by atoms with Crippen LogP contribution in [-0.2, 0) is 0 Å². The van der Waals surface area contributed by atoms with Crippen LogP contribution in [0.15, 0.2) is 24.3 Å². The summed E-state index contributed by atoms with van der Waals surface area (Å²) in [4.78, 5) is 36.9. The molecule has 0 saturated carbocycles. The Morgan fingerprint density at radius 3 is 2.04 bits per heavy atom. The Bertz CT molecular complexity index is 894. The Kier molecular flexibility index (Phi) is 3.18. The lowest BCUT2D eigenvalue weighted by Gasteiger charge is -2.20. The number of benzene rings is 2. The monoisotopic (exact) mass is 312 g/mol. The molecule has 0 amide bonds. The number of ketones is 3. The van der Waals surface area contributed by atoms with Gasteiger partial charge in [-0.05, 0) is 18.2 Å². The molecule has 6 nitrogen and oxygen atoms in total. The Morgan fingerprint density at radius 2 is 1.43 bits per heavy atom. The van der Waals surface area contributed by atoms with Crippen LogP contribution in [0.1, 0.15) is 55.5 Å². The van der Waals surface area contributed by atoms with Crippen molar-refractivity contribution in [1.29, 1.82) is 0 Å². The summed E-state index contributed by atoms with van der Waals surface area (Å²) in [5.41, 5.74) is -0.691. The first-order chi connectivity index (χ1) is 10.8. The number of fused-ring (bicyclic) bond motifs is 2. The molecule has 0 saturated heterocycles. The minimum absolute atomic E-state index is 0.121. The zero-order valence-corrected chi connectivity index (χ0v) is 12.1. The standard InChI is InChI=1S/C17H12O6/c1-2-11(19)7-3-9-14(12(20)4-7)17(23)15-10(16(9)22)5-8(18)6-13(15)21/h3-6,18,20-21H,2H2,1H3. The molecule has 116 valence electrons. The summed E-state index contributed by atoms with van der Waals surface area (Å²) in [7, 11) is 0. The van der Waals surface area contributed by atoms with Crippen molar-refractivity contribution in [2.75, 3.05) is 0 Å². The van der Waals surface area contributed by atoms with Gasteiger partial charge in [0.25, 0.3) is 0 Å². The molecule has 0 spiro atoms. The van der Waals surface area contributed by atoms with Gasteiger partial charge >= 0.3 is 0 Å². The maximum Gasteiger partial charge on any atom is 0.201 e. The van der Waals surface area contributed by atoms with Crippen LogP contribution in [0.3, 0.4) is 0 Å². The van der Waals surface area contributed by atoms with Crippen molar-refractivity contribution in [2.45, 2.75) is 13.3 Å². The average molecular weight is 312 g/mol. The van der Waals surface area contributed by atoms with Gasteiger partial charge in [0, 0.05) is 29.2 Å². The predicted molar refractivity (Wildman–Crippen MR) is 79.4 cm³/mol. The molecule has 0 atom stereocenters. The van der Waals surface area contributed by atoms with Crippen LogP contribution < -0.4 is 0 Å². The smallest absolute Gasteiger partial charge is 0.201 e. The number of Topliss-reactive ketones (excluding diaryl/α,β-unsaturated/α-hetero) is 1. The van der Waals surface area contributed by atoms with Crippen molar-refractivity contribution in [2.24, 2.45) is 0 Å². The van der Waals surface area contributed by atoms with E-state index in [0.29, 0.717) is 0 Å². The van der Waals surface area contributed by atoms with E-state index >= 15 is 0 Å². The van der Waals surface area contributed by atoms with Gasteiger partial charge < -0.3 is 15.3 Å². The van der Waals surface area contributed by atoms with E-state index in [0.717, 1.165) is 18.2 Å². The molecule has 23 heavy (non-hydrogen) atoms. The highest BCUT2D eigenvalue weighted by atomic mass is 16.3. The first kappa shape index (κ1) is 14.8. The number of phenols is 3. The van der Waals surface area contributed by atoms with E-state index in [1.807, 2.05) is 0 Å². The minimum atomic E-state index is -0.736. The van der Waals surface area contributed by atoms with Gasteiger partial charge in [-0.25, -0.2) is 0 Å². The van der Waals surface area contributed by atoms with Crippen LogP contribution in [0.5, 0.6) is 17.2 Å². The van der Waals surface area contributed by atoms with Gasteiger partial charge in [0.15, 0.2) is 11.6 Å². The van der Waals surface area contributed by atoms with Crippen LogP contribution >= 0.6 is 0 Å². The summed E-state index contributed by atoms with van der Waals surface area (Å²) in [5, 5.41) is 29.5. The molecule has 0 heterocycles. The second kappa shape index (κ2) is 4.95. The Morgan fingerprint density at radius 1 is 0.870 bits per heavy atom. The van der Waals surface area contributed by atoms with Gasteiger partial charge in [0.1, 0.15) is 17.2 Å². The third-order valence-electron chi connectivity index (χ3n) is 3.81. The van der Waals surface area contributed by atoms with Crippen molar-refractivity contribution in [3.05, 3.63) is 52.1 Å². The Hall–Kier alpha value is -3.15. The number of aromatic hydroxyl groups is 3. The second-order valence-corrected chi connectivity index (χ2v) is 5.24. The topological polar surface area (TPSA) is 112 Å². The van der Waals surface area contributed by atoms with E-state index < -0.39 is 23.1 Å². The molecule has 0 bridgehead atoms. The summed E-state index contributed by atoms with van der Waals surface area (Å²) < 4.78 is 0. The normalized spacial score (nSPS) is 12.7. The maximum atomic E-state index is 12.6. The zero-order valence-electron chi connectivity index (χ0n) is 12.1. The molecule has 6 heteroatoms. The molecular weight excluding hydrogens is 300 g/mol. The Labute approximate surface area is 130 Å². The highest BCUT2D eigenvalue weighted by Crippen LogP contribution is 2.39. The van der Waals surface area contributed by atoms with Crippen molar-refractivity contribution in [3.63, 3.8) is 0 Å². The van der Waals surface area contributed by atoms with Gasteiger partial charge in [0.2, 0.25) is 5.78 Å². The van der Waals surface area contributed by atoms with Gasteiger partial charge in [-0.1, -0.05) is 6.92 Å². The summed E-state index contributed by atoms with van der Waals surface area (Å²) in [6, 6.07) is 4.41. The number of carbonyl (C=O) groups excluding carboxylic acids is 3. The van der Waals surface area contributed by atoms with E-state index in [9.17, 15) is 29.7 Å². The molecule has 1 aliphatic carbocycles. The molecule has 1 aliphatic rings. The van der Waals surface area contributed by atoms with E-state index in [1.54, 1.807) is 6.92 Å². The summed E-state index contributed by atoms with van der Waals surface area (Å²) in [5.74, 6) is -3.07. The van der Waals surface area contributed by atoms with Crippen LogP contribution in [0, 0.1) is 0 Å². The largest absolute Gasteiger partial charge is 0.508 e. The van der Waals surface area contributed by atoms with E-state index in [1.165, 1.54) is 6.07 Å². The predicted octanol–water partition coefficient (Wildman–Crippen LogP) is 2.17. The summed E-state index contributed by atoms with van der Waals surface area (Å²) >= 11 is 0. The third kappa shape index (κ3) is 2.07. The van der Waals surface area contributed by atoms with Gasteiger partial charge in [-0.2, -0.15) is 0 Å². The molecule has 0 fully saturated rings. The SMILES string of the molecule is CCC(=O)c1cc(O)c2c(c1)C(=O)c1cc(O)cc(O)c1C2=O. The van der Waals surface area contributed by atoms with E-state index in [4.69, 9.17) is 0 Å². The lowest BCUT2D eigenvalue weighted by atomic mass is 9.81. The number of carbonyl (C=O) groups is 3. The quantitative estimate of drug-likeness (QED) is 0.625. The van der Waals surface area contributed by atoms with E-state index in [2.05, 4.69) is 0 Å². The van der Waals surface area contributed by atoms with Crippen molar-refractivity contribution >= 4 is 17.3 Å². The third-order valence-corrected chi connectivity index (χ3v) is 3.81. The molecule has 3 rings (SSSR count). The van der Waals surface area contributed by atoms with Crippen molar-refractivity contribution in [3.8, 4) is 17.2 Å². The second-order valence-electron chi connectivity index (χ2n) is 5.24. The van der Waals surface area contributed by atoms with Gasteiger partial charge in [0.05, 0.1) is 11.1 Å². The molecule has 2 aromatic carbocycles. The zero-order chi connectivity index (χ0) is 16.9. The molecule has 2 aromatic rings. The highest BCUT2D eigenvalue weighted by Gasteiger charge is 2.35. The Balaban J connectivity index is 2.31. The molecule has 3 N–H and O–H groups in total. The lowest BCUT2D eigenvalue weighted by Crippen LogP contribution is -2.22. The molecule has 0 radical (unpaired) electrons.